The standard InChI is InChI=1S/C14H22O6/c1-9(15)20-14(4,5)8-7-13(2,3)10(11(16)17)12(18)19-6/h7-8,10H,1-6H3,(H,16,17). The van der Waals surface area contributed by atoms with Gasteiger partial charge in [-0.2, -0.15) is 0 Å². The molecule has 0 aliphatic carbocycles. The molecule has 1 unspecified atom stereocenters. The zero-order valence-electron chi connectivity index (χ0n) is 12.7. The highest BCUT2D eigenvalue weighted by molar-refractivity contribution is 5.95. The zero-order valence-corrected chi connectivity index (χ0v) is 12.7. The van der Waals surface area contributed by atoms with Crippen molar-refractivity contribution in [1.82, 2.24) is 0 Å². The number of hydrogen-bond acceptors (Lipinski definition) is 5. The molecule has 0 radical (unpaired) electrons. The van der Waals surface area contributed by atoms with E-state index in [4.69, 9.17) is 9.84 Å². The van der Waals surface area contributed by atoms with Crippen molar-refractivity contribution in [3.05, 3.63) is 12.2 Å². The molecule has 0 spiro atoms. The molecule has 0 aromatic heterocycles. The molecule has 1 N–H and O–H groups in total. The van der Waals surface area contributed by atoms with Crippen LogP contribution in [0.5, 0.6) is 0 Å². The molecule has 1 atom stereocenters. The van der Waals surface area contributed by atoms with Gasteiger partial charge in [0.25, 0.3) is 0 Å². The smallest absolute Gasteiger partial charge is 0.320 e. The van der Waals surface area contributed by atoms with E-state index >= 15 is 0 Å². The van der Waals surface area contributed by atoms with Gasteiger partial charge in [0.05, 0.1) is 7.11 Å². The number of carboxylic acid groups (broad SMARTS) is 1. The van der Waals surface area contributed by atoms with Crippen LogP contribution in [0.4, 0.5) is 0 Å². The van der Waals surface area contributed by atoms with Crippen LogP contribution in [-0.2, 0) is 23.9 Å². The summed E-state index contributed by atoms with van der Waals surface area (Å²) in [7, 11) is 1.14. The van der Waals surface area contributed by atoms with Gasteiger partial charge in [-0.1, -0.05) is 19.9 Å². The number of hydrogen-bond donors (Lipinski definition) is 1. The summed E-state index contributed by atoms with van der Waals surface area (Å²) in [5, 5.41) is 9.17. The van der Waals surface area contributed by atoms with Crippen molar-refractivity contribution < 1.29 is 29.0 Å². The summed E-state index contributed by atoms with van der Waals surface area (Å²) < 4.78 is 9.59. The molecule has 0 fully saturated rings. The van der Waals surface area contributed by atoms with Crippen LogP contribution in [0.2, 0.25) is 0 Å². The summed E-state index contributed by atoms with van der Waals surface area (Å²) in [6.07, 6.45) is 3.11. The first-order valence-electron chi connectivity index (χ1n) is 6.13. The summed E-state index contributed by atoms with van der Waals surface area (Å²) in [5.41, 5.74) is -1.88. The van der Waals surface area contributed by atoms with Crippen LogP contribution in [0.15, 0.2) is 12.2 Å². The maximum absolute atomic E-state index is 11.6. The maximum Gasteiger partial charge on any atom is 0.320 e. The summed E-state index contributed by atoms with van der Waals surface area (Å²) in [6.45, 7) is 7.81. The fraction of sp³-hybridized carbons (Fsp3) is 0.643. The van der Waals surface area contributed by atoms with Gasteiger partial charge >= 0.3 is 17.9 Å². The lowest BCUT2D eigenvalue weighted by Crippen LogP contribution is -2.37. The number of aliphatic carboxylic acids is 1. The topological polar surface area (TPSA) is 89.9 Å². The number of carbonyl (C=O) groups is 3. The first-order chi connectivity index (χ1) is 8.93. The van der Waals surface area contributed by atoms with Crippen molar-refractivity contribution in [2.45, 2.75) is 40.2 Å². The molecule has 6 nitrogen and oxygen atoms in total. The van der Waals surface area contributed by atoms with Gasteiger partial charge in [0.15, 0.2) is 5.92 Å². The van der Waals surface area contributed by atoms with Gasteiger partial charge in [0.1, 0.15) is 5.60 Å². The van der Waals surface area contributed by atoms with Gasteiger partial charge in [-0.25, -0.2) is 0 Å². The lowest BCUT2D eigenvalue weighted by Gasteiger charge is -2.28. The summed E-state index contributed by atoms with van der Waals surface area (Å²) in [5.74, 6) is -3.87. The molecule has 0 aliphatic heterocycles. The minimum atomic E-state index is -1.34. The lowest BCUT2D eigenvalue weighted by molar-refractivity contribution is -0.161. The number of rotatable bonds is 6. The summed E-state index contributed by atoms with van der Waals surface area (Å²) >= 11 is 0. The Morgan fingerprint density at radius 1 is 1.10 bits per heavy atom. The molecule has 0 bridgehead atoms. The van der Waals surface area contributed by atoms with E-state index in [1.165, 1.54) is 6.92 Å². The Balaban J connectivity index is 5.25. The Bertz CT molecular complexity index is 419. The van der Waals surface area contributed by atoms with Crippen molar-refractivity contribution >= 4 is 17.9 Å². The Kier molecular flexibility index (Phi) is 5.94. The second-order valence-electron chi connectivity index (χ2n) is 5.65. The van der Waals surface area contributed by atoms with Crippen molar-refractivity contribution in [3.63, 3.8) is 0 Å². The highest BCUT2D eigenvalue weighted by Crippen LogP contribution is 2.31. The molecule has 0 aromatic rings. The number of carboxylic acids is 1. The third-order valence-corrected chi connectivity index (χ3v) is 2.75. The zero-order chi connectivity index (χ0) is 16.1. The highest BCUT2D eigenvalue weighted by Gasteiger charge is 2.40. The van der Waals surface area contributed by atoms with Gasteiger partial charge in [0, 0.05) is 12.3 Å². The number of methoxy groups -OCH3 is 1. The van der Waals surface area contributed by atoms with Gasteiger partial charge < -0.3 is 14.6 Å². The third-order valence-electron chi connectivity index (χ3n) is 2.75. The molecular weight excluding hydrogens is 264 g/mol. The van der Waals surface area contributed by atoms with E-state index in [9.17, 15) is 14.4 Å². The van der Waals surface area contributed by atoms with Crippen LogP contribution in [0.3, 0.4) is 0 Å². The molecule has 6 heteroatoms. The van der Waals surface area contributed by atoms with Crippen LogP contribution < -0.4 is 0 Å². The first-order valence-corrected chi connectivity index (χ1v) is 6.13. The highest BCUT2D eigenvalue weighted by atomic mass is 16.6. The molecule has 20 heavy (non-hydrogen) atoms. The number of ether oxygens (including phenoxy) is 2. The van der Waals surface area contributed by atoms with Crippen molar-refractivity contribution in [1.29, 1.82) is 0 Å². The van der Waals surface area contributed by atoms with Gasteiger partial charge in [-0.3, -0.25) is 14.4 Å². The summed E-state index contributed by atoms with van der Waals surface area (Å²) in [4.78, 5) is 33.8. The predicted octanol–water partition coefficient (Wildman–Crippen LogP) is 1.78. The van der Waals surface area contributed by atoms with Gasteiger partial charge in [-0.05, 0) is 19.9 Å². The van der Waals surface area contributed by atoms with Crippen LogP contribution in [0.25, 0.3) is 0 Å². The van der Waals surface area contributed by atoms with E-state index in [1.807, 2.05) is 0 Å². The molecule has 0 rings (SSSR count). The molecule has 0 amide bonds. The second-order valence-corrected chi connectivity index (χ2v) is 5.65. The van der Waals surface area contributed by atoms with Crippen LogP contribution >= 0.6 is 0 Å². The van der Waals surface area contributed by atoms with Crippen LogP contribution in [0, 0.1) is 11.3 Å². The molecule has 114 valence electrons. The minimum absolute atomic E-state index is 0.444. The molecule has 0 heterocycles. The largest absolute Gasteiger partial charge is 0.481 e. The Labute approximate surface area is 118 Å². The van der Waals surface area contributed by atoms with Crippen molar-refractivity contribution in [2.75, 3.05) is 7.11 Å². The predicted molar refractivity (Wildman–Crippen MR) is 71.9 cm³/mol. The maximum atomic E-state index is 11.6. The van der Waals surface area contributed by atoms with Crippen molar-refractivity contribution in [3.8, 4) is 0 Å². The molecule has 0 aromatic carbocycles. The number of allylic oxidation sites excluding steroid dienone is 1. The lowest BCUT2D eigenvalue weighted by atomic mass is 9.77. The monoisotopic (exact) mass is 286 g/mol. The normalized spacial score (nSPS) is 13.9. The molecule has 0 saturated carbocycles. The van der Waals surface area contributed by atoms with E-state index in [2.05, 4.69) is 4.74 Å². The fourth-order valence-corrected chi connectivity index (χ4v) is 1.76. The van der Waals surface area contributed by atoms with E-state index in [0.29, 0.717) is 0 Å². The Morgan fingerprint density at radius 2 is 1.60 bits per heavy atom. The van der Waals surface area contributed by atoms with Gasteiger partial charge in [0.2, 0.25) is 0 Å². The van der Waals surface area contributed by atoms with Crippen LogP contribution in [-0.4, -0.2) is 35.7 Å². The van der Waals surface area contributed by atoms with Crippen LogP contribution in [0.1, 0.15) is 34.6 Å². The average Bonchev–Trinajstić information content (AvgIpc) is 2.24. The van der Waals surface area contributed by atoms with E-state index in [1.54, 1.807) is 39.8 Å². The van der Waals surface area contributed by atoms with Crippen molar-refractivity contribution in [2.24, 2.45) is 11.3 Å². The third kappa shape index (κ3) is 5.42. The van der Waals surface area contributed by atoms with E-state index in [-0.39, 0.29) is 0 Å². The molecule has 0 saturated heterocycles. The average molecular weight is 286 g/mol. The molecular formula is C14H22O6. The second kappa shape index (κ2) is 6.54. The quantitative estimate of drug-likeness (QED) is 0.455. The van der Waals surface area contributed by atoms with Gasteiger partial charge in [-0.15, -0.1) is 0 Å². The minimum Gasteiger partial charge on any atom is -0.481 e. The number of carbonyl (C=O) groups excluding carboxylic acids is 2. The number of esters is 2. The fourth-order valence-electron chi connectivity index (χ4n) is 1.76. The first kappa shape index (κ1) is 18.1. The van der Waals surface area contributed by atoms with E-state index in [0.717, 1.165) is 7.11 Å². The Hall–Kier alpha value is -1.85. The SMILES string of the molecule is COC(=O)C(C(=O)O)C(C)(C)C=CC(C)(C)OC(C)=O. The molecule has 0 aliphatic rings. The Morgan fingerprint density at radius 3 is 1.95 bits per heavy atom. The summed E-state index contributed by atoms with van der Waals surface area (Å²) in [6, 6.07) is 0. The van der Waals surface area contributed by atoms with E-state index < -0.39 is 34.8 Å².